The smallest absolute Gasteiger partial charge is 0.190 e. The van der Waals surface area contributed by atoms with Crippen LogP contribution < -0.4 is 5.73 Å². The van der Waals surface area contributed by atoms with Crippen molar-refractivity contribution in [2.45, 2.75) is 50.7 Å². The minimum atomic E-state index is 0.678. The Morgan fingerprint density at radius 2 is 1.92 bits per heavy atom. The van der Waals surface area contributed by atoms with Crippen molar-refractivity contribution in [1.82, 2.24) is 19.8 Å². The molecule has 7 heteroatoms. The summed E-state index contributed by atoms with van der Waals surface area (Å²) >= 11 is 3.57. The van der Waals surface area contributed by atoms with Gasteiger partial charge in [0.1, 0.15) is 10.6 Å². The Balaban J connectivity index is 1.46. The number of nitrogens with two attached hydrogens (primary N) is 1. The zero-order valence-corrected chi connectivity index (χ0v) is 17.3. The number of nitrogen functional groups attached to an aromatic ring is 1. The molecule has 0 spiro atoms. The average molecular weight is 392 g/mol. The standard InChI is InChI=1S/C19H29N5S2/c1-2-7-24-10-6-14-15(13-24)26-18-16(14)17(20)21-19(22-18)25-12-11-23-8-4-3-5-9-23/h2-13H2,1H3,(H2,20,21,22). The van der Waals surface area contributed by atoms with Crippen LogP contribution in [0.5, 0.6) is 0 Å². The summed E-state index contributed by atoms with van der Waals surface area (Å²) in [6, 6.07) is 0. The van der Waals surface area contributed by atoms with E-state index < -0.39 is 0 Å². The monoisotopic (exact) mass is 391 g/mol. The average Bonchev–Trinajstić information content (AvgIpc) is 3.01. The third kappa shape index (κ3) is 4.01. The molecule has 0 saturated carbocycles. The number of nitrogens with zero attached hydrogens (tertiary/aromatic N) is 4. The van der Waals surface area contributed by atoms with Gasteiger partial charge >= 0.3 is 0 Å². The summed E-state index contributed by atoms with van der Waals surface area (Å²) in [5.74, 6) is 1.72. The van der Waals surface area contributed by atoms with E-state index in [4.69, 9.17) is 10.7 Å². The second-order valence-electron chi connectivity index (χ2n) is 7.35. The number of hydrogen-bond donors (Lipinski definition) is 1. The number of anilines is 1. The first kappa shape index (κ1) is 18.5. The van der Waals surface area contributed by atoms with Crippen molar-refractivity contribution < 1.29 is 0 Å². The van der Waals surface area contributed by atoms with Gasteiger partial charge in [0.25, 0.3) is 0 Å². The van der Waals surface area contributed by atoms with E-state index in [1.165, 1.54) is 55.8 Å². The fourth-order valence-electron chi connectivity index (χ4n) is 4.08. The van der Waals surface area contributed by atoms with Crippen LogP contribution in [0, 0.1) is 0 Å². The minimum absolute atomic E-state index is 0.678. The van der Waals surface area contributed by atoms with Gasteiger partial charge < -0.3 is 10.6 Å². The van der Waals surface area contributed by atoms with Crippen molar-refractivity contribution >= 4 is 39.1 Å². The molecule has 0 aliphatic carbocycles. The maximum absolute atomic E-state index is 6.35. The molecule has 0 amide bonds. The molecule has 0 atom stereocenters. The summed E-state index contributed by atoms with van der Waals surface area (Å²) in [6.45, 7) is 9.20. The van der Waals surface area contributed by atoms with Crippen molar-refractivity contribution in [3.05, 3.63) is 10.4 Å². The molecule has 1 saturated heterocycles. The van der Waals surface area contributed by atoms with Crippen LogP contribution in [0.3, 0.4) is 0 Å². The zero-order chi connectivity index (χ0) is 17.9. The molecular weight excluding hydrogens is 362 g/mol. The van der Waals surface area contributed by atoms with Crippen LogP contribution in [0.25, 0.3) is 10.2 Å². The predicted molar refractivity (Wildman–Crippen MR) is 112 cm³/mol. The molecule has 142 valence electrons. The molecule has 0 radical (unpaired) electrons. The Morgan fingerprint density at radius 1 is 1.08 bits per heavy atom. The van der Waals surface area contributed by atoms with Crippen LogP contribution >= 0.6 is 23.1 Å². The van der Waals surface area contributed by atoms with Gasteiger partial charge in [-0.1, -0.05) is 25.1 Å². The molecule has 4 rings (SSSR count). The van der Waals surface area contributed by atoms with Gasteiger partial charge in [-0.05, 0) is 50.9 Å². The van der Waals surface area contributed by atoms with E-state index in [0.717, 1.165) is 47.2 Å². The number of rotatable bonds is 6. The van der Waals surface area contributed by atoms with Crippen LogP contribution in [-0.4, -0.2) is 58.2 Å². The summed E-state index contributed by atoms with van der Waals surface area (Å²) in [5, 5.41) is 1.97. The Kier molecular flexibility index (Phi) is 5.98. The summed E-state index contributed by atoms with van der Waals surface area (Å²) in [4.78, 5) is 17.1. The Hall–Kier alpha value is -0.890. The number of fused-ring (bicyclic) bond motifs is 3. The Labute approximate surface area is 164 Å². The molecule has 5 nitrogen and oxygen atoms in total. The highest BCUT2D eigenvalue weighted by Gasteiger charge is 2.23. The molecule has 2 aromatic heterocycles. The molecular formula is C19H29N5S2. The lowest BCUT2D eigenvalue weighted by Crippen LogP contribution is -2.31. The summed E-state index contributed by atoms with van der Waals surface area (Å²) in [6.07, 6.45) is 6.36. The first-order valence-corrected chi connectivity index (χ1v) is 11.7. The van der Waals surface area contributed by atoms with Gasteiger partial charge in [0, 0.05) is 30.3 Å². The second kappa shape index (κ2) is 8.42. The minimum Gasteiger partial charge on any atom is -0.383 e. The van der Waals surface area contributed by atoms with E-state index in [2.05, 4.69) is 21.7 Å². The normalized spacial score (nSPS) is 19.1. The lowest BCUT2D eigenvalue weighted by atomic mass is 10.1. The lowest BCUT2D eigenvalue weighted by molar-refractivity contribution is 0.242. The number of aromatic nitrogens is 2. The highest BCUT2D eigenvalue weighted by molar-refractivity contribution is 7.99. The molecule has 2 aromatic rings. The van der Waals surface area contributed by atoms with Crippen molar-refractivity contribution in [2.75, 3.05) is 44.2 Å². The maximum Gasteiger partial charge on any atom is 0.190 e. The topological polar surface area (TPSA) is 58.3 Å². The number of thiophene rings is 1. The third-order valence-corrected chi connectivity index (χ3v) is 7.35. The fourth-order valence-corrected chi connectivity index (χ4v) is 6.25. The van der Waals surface area contributed by atoms with Crippen LogP contribution in [-0.2, 0) is 13.0 Å². The highest BCUT2D eigenvalue weighted by Crippen LogP contribution is 2.37. The third-order valence-electron chi connectivity index (χ3n) is 5.41. The van der Waals surface area contributed by atoms with Gasteiger partial charge in [-0.25, -0.2) is 9.97 Å². The first-order chi connectivity index (χ1) is 12.7. The van der Waals surface area contributed by atoms with Crippen molar-refractivity contribution in [3.63, 3.8) is 0 Å². The number of hydrogen-bond acceptors (Lipinski definition) is 7. The van der Waals surface area contributed by atoms with Crippen molar-refractivity contribution in [3.8, 4) is 0 Å². The molecule has 2 aliphatic heterocycles. The van der Waals surface area contributed by atoms with E-state index in [1.807, 2.05) is 11.3 Å². The number of likely N-dealkylation sites (tertiary alicyclic amines) is 1. The predicted octanol–water partition coefficient (Wildman–Crippen LogP) is 3.62. The van der Waals surface area contributed by atoms with Gasteiger partial charge in [-0.3, -0.25) is 4.90 Å². The highest BCUT2D eigenvalue weighted by atomic mass is 32.2. The van der Waals surface area contributed by atoms with Crippen LogP contribution in [0.2, 0.25) is 0 Å². The maximum atomic E-state index is 6.35. The number of thioether (sulfide) groups is 1. The van der Waals surface area contributed by atoms with Gasteiger partial charge in [0.05, 0.1) is 5.39 Å². The van der Waals surface area contributed by atoms with E-state index in [-0.39, 0.29) is 0 Å². The zero-order valence-electron chi connectivity index (χ0n) is 15.7. The molecule has 0 bridgehead atoms. The molecule has 0 aromatic carbocycles. The first-order valence-electron chi connectivity index (χ1n) is 9.90. The summed E-state index contributed by atoms with van der Waals surface area (Å²) in [7, 11) is 0. The fraction of sp³-hybridized carbons (Fsp3) is 0.684. The van der Waals surface area contributed by atoms with E-state index >= 15 is 0 Å². The Bertz CT molecular complexity index is 754. The van der Waals surface area contributed by atoms with Crippen molar-refractivity contribution in [1.29, 1.82) is 0 Å². The molecule has 0 unspecified atom stereocenters. The van der Waals surface area contributed by atoms with Gasteiger partial charge in [0.2, 0.25) is 0 Å². The van der Waals surface area contributed by atoms with Gasteiger partial charge in [-0.15, -0.1) is 11.3 Å². The summed E-state index contributed by atoms with van der Waals surface area (Å²) < 4.78 is 0. The van der Waals surface area contributed by atoms with Crippen LogP contribution in [0.15, 0.2) is 5.16 Å². The Morgan fingerprint density at radius 3 is 2.73 bits per heavy atom. The molecule has 2 N–H and O–H groups in total. The van der Waals surface area contributed by atoms with Gasteiger partial charge in [-0.2, -0.15) is 0 Å². The SMILES string of the molecule is CCCN1CCc2c(sc3nc(SCCN4CCCCC4)nc(N)c23)C1. The lowest BCUT2D eigenvalue weighted by Gasteiger charge is -2.26. The van der Waals surface area contributed by atoms with E-state index in [1.54, 1.807) is 11.8 Å². The van der Waals surface area contributed by atoms with Crippen LogP contribution in [0.1, 0.15) is 43.0 Å². The molecule has 26 heavy (non-hydrogen) atoms. The number of piperidine rings is 1. The largest absolute Gasteiger partial charge is 0.383 e. The molecule has 2 aliphatic rings. The summed E-state index contributed by atoms with van der Waals surface area (Å²) in [5.41, 5.74) is 7.75. The van der Waals surface area contributed by atoms with E-state index in [0.29, 0.717) is 5.82 Å². The quantitative estimate of drug-likeness (QED) is 0.599. The second-order valence-corrected chi connectivity index (χ2v) is 9.50. The van der Waals surface area contributed by atoms with Crippen LogP contribution in [0.4, 0.5) is 5.82 Å². The molecule has 1 fully saturated rings. The van der Waals surface area contributed by atoms with Crippen molar-refractivity contribution in [2.24, 2.45) is 0 Å². The molecule has 4 heterocycles. The van der Waals surface area contributed by atoms with E-state index in [9.17, 15) is 0 Å². The van der Waals surface area contributed by atoms with Gasteiger partial charge in [0.15, 0.2) is 5.16 Å².